The van der Waals surface area contributed by atoms with Gasteiger partial charge in [-0.1, -0.05) is 12.1 Å². The van der Waals surface area contributed by atoms with Gasteiger partial charge in [0.2, 0.25) is 5.91 Å². The van der Waals surface area contributed by atoms with Gasteiger partial charge in [-0.25, -0.2) is 13.2 Å². The largest absolute Gasteiger partial charge is 0.450 e. The molecule has 1 aromatic carbocycles. The van der Waals surface area contributed by atoms with E-state index in [4.69, 9.17) is 4.74 Å². The molecule has 8 nitrogen and oxygen atoms in total. The molecule has 10 heteroatoms. The van der Waals surface area contributed by atoms with Gasteiger partial charge in [-0.05, 0) is 55.9 Å². The van der Waals surface area contributed by atoms with E-state index in [2.05, 4.69) is 10.6 Å². The minimum absolute atomic E-state index is 0.0194. The van der Waals surface area contributed by atoms with Gasteiger partial charge in [0.05, 0.1) is 23.5 Å². The highest BCUT2D eigenvalue weighted by atomic mass is 32.2. The van der Waals surface area contributed by atoms with E-state index in [0.717, 1.165) is 36.0 Å². The molecule has 0 unspecified atom stereocenters. The highest BCUT2D eigenvalue weighted by molar-refractivity contribution is 7.90. The molecule has 3 amide bonds. The summed E-state index contributed by atoms with van der Waals surface area (Å²) in [6.45, 7) is 1.78. The second-order valence-corrected chi connectivity index (χ2v) is 10.4. The average molecular weight is 465 g/mol. The maximum atomic E-state index is 12.7. The third-order valence-electron chi connectivity index (χ3n) is 4.86. The summed E-state index contributed by atoms with van der Waals surface area (Å²) in [5, 5.41) is 5.42. The number of carbonyl (C=O) groups is 3. The zero-order valence-electron chi connectivity index (χ0n) is 17.3. The Bertz CT molecular complexity index is 1100. The van der Waals surface area contributed by atoms with Crippen molar-refractivity contribution in [3.8, 4) is 0 Å². The number of imide groups is 1. The predicted octanol–water partition coefficient (Wildman–Crippen LogP) is 3.10. The molecule has 0 saturated carbocycles. The van der Waals surface area contributed by atoms with E-state index in [-0.39, 0.29) is 23.8 Å². The van der Waals surface area contributed by atoms with Crippen molar-refractivity contribution in [3.63, 3.8) is 0 Å². The Labute approximate surface area is 184 Å². The van der Waals surface area contributed by atoms with Crippen molar-refractivity contribution < 1.29 is 27.5 Å². The van der Waals surface area contributed by atoms with E-state index < -0.39 is 21.8 Å². The normalized spacial score (nSPS) is 13.2. The molecule has 0 saturated heterocycles. The van der Waals surface area contributed by atoms with Crippen LogP contribution in [0, 0.1) is 0 Å². The van der Waals surface area contributed by atoms with Crippen molar-refractivity contribution in [2.75, 3.05) is 18.2 Å². The number of thiophene rings is 1. The van der Waals surface area contributed by atoms with Crippen LogP contribution in [0.4, 0.5) is 9.80 Å². The lowest BCUT2D eigenvalue weighted by atomic mass is 9.95. The van der Waals surface area contributed by atoms with Crippen molar-refractivity contribution >= 4 is 44.1 Å². The van der Waals surface area contributed by atoms with Crippen LogP contribution in [0.2, 0.25) is 0 Å². The van der Waals surface area contributed by atoms with Gasteiger partial charge in [-0.3, -0.25) is 14.9 Å². The molecule has 31 heavy (non-hydrogen) atoms. The van der Waals surface area contributed by atoms with E-state index in [1.807, 2.05) is 0 Å². The highest BCUT2D eigenvalue weighted by Gasteiger charge is 2.27. The number of hydrogen-bond acceptors (Lipinski definition) is 7. The number of aryl methyl sites for hydroxylation is 1. The van der Waals surface area contributed by atoms with Crippen molar-refractivity contribution in [3.05, 3.63) is 45.8 Å². The molecule has 2 N–H and O–H groups in total. The molecule has 3 rings (SSSR count). The Balaban J connectivity index is 1.78. The molecule has 166 valence electrons. The maximum absolute atomic E-state index is 12.7. The maximum Gasteiger partial charge on any atom is 0.414 e. The van der Waals surface area contributed by atoms with Gasteiger partial charge < -0.3 is 10.1 Å². The number of hydrogen-bond donors (Lipinski definition) is 2. The molecule has 1 aromatic heterocycles. The van der Waals surface area contributed by atoms with Crippen molar-refractivity contribution in [2.24, 2.45) is 0 Å². The fraction of sp³-hybridized carbons (Fsp3) is 0.381. The molecule has 1 aliphatic rings. The molecular weight excluding hydrogens is 440 g/mol. The van der Waals surface area contributed by atoms with E-state index in [1.165, 1.54) is 23.5 Å². The number of benzene rings is 1. The zero-order chi connectivity index (χ0) is 22.6. The molecule has 0 radical (unpaired) electrons. The van der Waals surface area contributed by atoms with Crippen molar-refractivity contribution in [1.29, 1.82) is 0 Å². The molecule has 0 aliphatic heterocycles. The highest BCUT2D eigenvalue weighted by Crippen LogP contribution is 2.38. The Morgan fingerprint density at radius 2 is 1.77 bits per heavy atom. The number of nitrogens with one attached hydrogen (secondary N) is 2. The summed E-state index contributed by atoms with van der Waals surface area (Å²) >= 11 is 1.35. The van der Waals surface area contributed by atoms with Crippen molar-refractivity contribution in [1.82, 2.24) is 5.32 Å². The second-order valence-electron chi connectivity index (χ2n) is 7.23. The topological polar surface area (TPSA) is 119 Å². The molecule has 0 atom stereocenters. The second kappa shape index (κ2) is 9.61. The standard InChI is InChI=1S/C21H24N2O6S2/c1-3-29-21(26)23-19(25)18-15-6-4-5-7-16(15)30-20(18)22-17(24)12-13-8-10-14(11-9-13)31(2,27)28/h8-11H,3-7,12H2,1-2H3,(H,22,24)(H,23,25,26). The van der Waals surface area contributed by atoms with Gasteiger partial charge >= 0.3 is 6.09 Å². The van der Waals surface area contributed by atoms with Crippen LogP contribution in [-0.2, 0) is 38.6 Å². The van der Waals surface area contributed by atoms with Crippen LogP contribution in [0.25, 0.3) is 0 Å². The van der Waals surface area contributed by atoms with Crippen LogP contribution >= 0.6 is 11.3 Å². The number of alkyl carbamates (subject to hydrolysis) is 1. The average Bonchev–Trinajstić information content (AvgIpc) is 3.05. The summed E-state index contributed by atoms with van der Waals surface area (Å²) in [7, 11) is -3.31. The van der Waals surface area contributed by atoms with Crippen LogP contribution < -0.4 is 10.6 Å². The predicted molar refractivity (Wildman–Crippen MR) is 117 cm³/mol. The number of carbonyl (C=O) groups excluding carboxylic acids is 3. The SMILES string of the molecule is CCOC(=O)NC(=O)c1c(NC(=O)Cc2ccc(S(C)(=O)=O)cc2)sc2c1CCCC2. The lowest BCUT2D eigenvalue weighted by Gasteiger charge is -2.13. The third-order valence-corrected chi connectivity index (χ3v) is 7.19. The summed E-state index contributed by atoms with van der Waals surface area (Å²) < 4.78 is 27.9. The molecule has 0 bridgehead atoms. The van der Waals surface area contributed by atoms with Gasteiger partial charge in [0.1, 0.15) is 5.00 Å². The summed E-state index contributed by atoms with van der Waals surface area (Å²) in [5.41, 5.74) is 1.82. The lowest BCUT2D eigenvalue weighted by Crippen LogP contribution is -2.32. The molecule has 0 fully saturated rings. The third kappa shape index (κ3) is 5.71. The molecular formula is C21H24N2O6S2. The summed E-state index contributed by atoms with van der Waals surface area (Å²) in [6, 6.07) is 6.09. The minimum Gasteiger partial charge on any atom is -0.450 e. The summed E-state index contributed by atoms with van der Waals surface area (Å²) in [6.07, 6.45) is 3.78. The number of sulfone groups is 1. The summed E-state index contributed by atoms with van der Waals surface area (Å²) in [4.78, 5) is 38.3. The van der Waals surface area contributed by atoms with Crippen LogP contribution in [0.1, 0.15) is 46.1 Å². The van der Waals surface area contributed by atoms with E-state index in [0.29, 0.717) is 22.5 Å². The fourth-order valence-electron chi connectivity index (χ4n) is 3.43. The quantitative estimate of drug-likeness (QED) is 0.678. The number of fused-ring (bicyclic) bond motifs is 1. The Morgan fingerprint density at radius 1 is 1.10 bits per heavy atom. The Kier molecular flexibility index (Phi) is 7.11. The summed E-state index contributed by atoms with van der Waals surface area (Å²) in [5.74, 6) is -0.929. The lowest BCUT2D eigenvalue weighted by molar-refractivity contribution is -0.115. The van der Waals surface area contributed by atoms with E-state index >= 15 is 0 Å². The van der Waals surface area contributed by atoms with Crippen molar-refractivity contribution in [2.45, 2.75) is 43.9 Å². The minimum atomic E-state index is -3.31. The Morgan fingerprint density at radius 3 is 2.42 bits per heavy atom. The molecule has 2 aromatic rings. The van der Waals surface area contributed by atoms with Crippen LogP contribution in [0.5, 0.6) is 0 Å². The number of amides is 3. The van der Waals surface area contributed by atoms with Crippen LogP contribution in [0.15, 0.2) is 29.2 Å². The van der Waals surface area contributed by atoms with E-state index in [1.54, 1.807) is 19.1 Å². The first-order valence-corrected chi connectivity index (χ1v) is 12.6. The van der Waals surface area contributed by atoms with Crippen LogP contribution in [-0.4, -0.2) is 39.2 Å². The van der Waals surface area contributed by atoms with Gasteiger partial charge in [0, 0.05) is 11.1 Å². The number of anilines is 1. The number of rotatable bonds is 6. The zero-order valence-corrected chi connectivity index (χ0v) is 19.0. The molecule has 1 aliphatic carbocycles. The fourth-order valence-corrected chi connectivity index (χ4v) is 5.36. The monoisotopic (exact) mass is 464 g/mol. The first-order valence-electron chi connectivity index (χ1n) is 9.90. The molecule has 0 spiro atoms. The van der Waals surface area contributed by atoms with Gasteiger partial charge in [-0.15, -0.1) is 11.3 Å². The van der Waals surface area contributed by atoms with Gasteiger partial charge in [0.25, 0.3) is 5.91 Å². The van der Waals surface area contributed by atoms with E-state index in [9.17, 15) is 22.8 Å². The first-order chi connectivity index (χ1) is 14.7. The Hall–Kier alpha value is -2.72. The number of ether oxygens (including phenoxy) is 1. The molecule has 1 heterocycles. The van der Waals surface area contributed by atoms with Gasteiger partial charge in [0.15, 0.2) is 9.84 Å². The first kappa shape index (κ1) is 23.0. The van der Waals surface area contributed by atoms with Crippen LogP contribution in [0.3, 0.4) is 0 Å². The smallest absolute Gasteiger partial charge is 0.414 e. The van der Waals surface area contributed by atoms with Gasteiger partial charge in [-0.2, -0.15) is 0 Å².